The van der Waals surface area contributed by atoms with Gasteiger partial charge in [0.1, 0.15) is 12.2 Å². The van der Waals surface area contributed by atoms with Gasteiger partial charge in [-0.1, -0.05) is 37.6 Å². The topological polar surface area (TPSA) is 101 Å². The summed E-state index contributed by atoms with van der Waals surface area (Å²) in [7, 11) is 0. The molecule has 1 amide bonds. The van der Waals surface area contributed by atoms with E-state index < -0.39 is 0 Å². The van der Waals surface area contributed by atoms with Gasteiger partial charge in [0.15, 0.2) is 0 Å². The summed E-state index contributed by atoms with van der Waals surface area (Å²) in [4.78, 5) is 21.0. The lowest BCUT2D eigenvalue weighted by Crippen LogP contribution is -2.33. The molecule has 142 valence electrons. The van der Waals surface area contributed by atoms with Gasteiger partial charge in [-0.05, 0) is 46.7 Å². The molecule has 0 unspecified atom stereocenters. The first-order chi connectivity index (χ1) is 13.5. The first-order valence-electron chi connectivity index (χ1n) is 8.81. The number of halogens is 1. The lowest BCUT2D eigenvalue weighted by molar-refractivity contribution is 0.0923. The number of nitrogens with one attached hydrogen (secondary N) is 2. The fourth-order valence-electron chi connectivity index (χ4n) is 3.05. The highest BCUT2D eigenvalue weighted by molar-refractivity contribution is 6.31. The maximum atomic E-state index is 13.1. The van der Waals surface area contributed by atoms with E-state index in [1.54, 1.807) is 18.2 Å². The van der Waals surface area contributed by atoms with Crippen molar-refractivity contribution in [2.24, 2.45) is 5.92 Å². The number of rotatable bonds is 5. The number of carbonyl (C=O) groups is 1. The van der Waals surface area contributed by atoms with E-state index in [4.69, 9.17) is 11.6 Å². The largest absolute Gasteiger partial charge is 0.342 e. The predicted octanol–water partition coefficient (Wildman–Crippen LogP) is 3.32. The first-order valence-corrected chi connectivity index (χ1v) is 9.19. The van der Waals surface area contributed by atoms with E-state index in [1.165, 1.54) is 11.0 Å². The average Bonchev–Trinajstić information content (AvgIpc) is 3.35. The number of hydrogen-bond acceptors (Lipinski definition) is 5. The Hall–Kier alpha value is -3.26. The summed E-state index contributed by atoms with van der Waals surface area (Å²) in [5, 5.41) is 14.7. The number of H-pyrrole nitrogens is 1. The molecule has 4 aromatic rings. The number of para-hydroxylation sites is 2. The Morgan fingerprint density at radius 2 is 2.04 bits per heavy atom. The second kappa shape index (κ2) is 7.40. The lowest BCUT2D eigenvalue weighted by Gasteiger charge is -2.21. The molecular weight excluding hydrogens is 378 g/mol. The van der Waals surface area contributed by atoms with Crippen LogP contribution in [-0.4, -0.2) is 36.1 Å². The van der Waals surface area contributed by atoms with E-state index in [0.717, 1.165) is 11.0 Å². The first kappa shape index (κ1) is 18.1. The number of aromatic nitrogens is 6. The standard InChI is InChI=1S/C19H18ClN7O/c1-11(2)17(18-22-14-5-3-4-6-15(14)23-18)24-19(28)13-8-7-12(20)9-16(13)27-10-21-25-26-27/h3-11,17H,1-2H3,(H,22,23)(H,24,28)/t17-/m1/s1. The highest BCUT2D eigenvalue weighted by atomic mass is 35.5. The van der Waals surface area contributed by atoms with Crippen LogP contribution < -0.4 is 5.32 Å². The summed E-state index contributed by atoms with van der Waals surface area (Å²) in [6.07, 6.45) is 1.42. The van der Waals surface area contributed by atoms with E-state index >= 15 is 0 Å². The van der Waals surface area contributed by atoms with Crippen LogP contribution in [0.1, 0.15) is 36.1 Å². The molecule has 0 aliphatic carbocycles. The van der Waals surface area contributed by atoms with Gasteiger partial charge in [0.25, 0.3) is 5.91 Å². The maximum absolute atomic E-state index is 13.1. The van der Waals surface area contributed by atoms with Crippen molar-refractivity contribution in [2.75, 3.05) is 0 Å². The van der Waals surface area contributed by atoms with Crippen molar-refractivity contribution in [3.63, 3.8) is 0 Å². The van der Waals surface area contributed by atoms with Gasteiger partial charge in [0.2, 0.25) is 0 Å². The molecule has 2 heterocycles. The Morgan fingerprint density at radius 3 is 2.75 bits per heavy atom. The van der Waals surface area contributed by atoms with Crippen molar-refractivity contribution < 1.29 is 4.79 Å². The molecular formula is C19H18ClN7O. The molecule has 0 spiro atoms. The zero-order chi connectivity index (χ0) is 19.7. The van der Waals surface area contributed by atoms with Crippen molar-refractivity contribution in [1.29, 1.82) is 0 Å². The Morgan fingerprint density at radius 1 is 1.21 bits per heavy atom. The number of carbonyl (C=O) groups excluding carboxylic acids is 1. The van der Waals surface area contributed by atoms with Crippen LogP contribution in [-0.2, 0) is 0 Å². The molecule has 2 aromatic heterocycles. The number of imidazole rings is 1. The number of benzene rings is 2. The van der Waals surface area contributed by atoms with E-state index in [-0.39, 0.29) is 17.9 Å². The van der Waals surface area contributed by atoms with Crippen LogP contribution >= 0.6 is 11.6 Å². The van der Waals surface area contributed by atoms with Gasteiger partial charge in [-0.2, -0.15) is 4.68 Å². The van der Waals surface area contributed by atoms with Crippen LogP contribution in [0.2, 0.25) is 5.02 Å². The zero-order valence-corrected chi connectivity index (χ0v) is 16.1. The highest BCUT2D eigenvalue weighted by Gasteiger charge is 2.24. The molecule has 2 aromatic carbocycles. The predicted molar refractivity (Wildman–Crippen MR) is 105 cm³/mol. The Balaban J connectivity index is 1.68. The van der Waals surface area contributed by atoms with Gasteiger partial charge in [0, 0.05) is 5.02 Å². The minimum atomic E-state index is -0.294. The normalized spacial score (nSPS) is 12.4. The number of amides is 1. The van der Waals surface area contributed by atoms with Crippen molar-refractivity contribution in [1.82, 2.24) is 35.5 Å². The van der Waals surface area contributed by atoms with Crippen molar-refractivity contribution in [3.8, 4) is 5.69 Å². The second-order valence-corrected chi connectivity index (χ2v) is 7.19. The van der Waals surface area contributed by atoms with Gasteiger partial charge >= 0.3 is 0 Å². The van der Waals surface area contributed by atoms with E-state index in [1.807, 2.05) is 38.1 Å². The summed E-state index contributed by atoms with van der Waals surface area (Å²) in [6, 6.07) is 12.4. The molecule has 0 saturated carbocycles. The Labute approximate surface area is 165 Å². The SMILES string of the molecule is CC(C)[C@@H](NC(=O)c1ccc(Cl)cc1-n1cnnn1)c1nc2ccccc2[nH]1. The molecule has 0 saturated heterocycles. The second-order valence-electron chi connectivity index (χ2n) is 6.75. The number of tetrazole rings is 1. The summed E-state index contributed by atoms with van der Waals surface area (Å²) in [6.45, 7) is 4.06. The fourth-order valence-corrected chi connectivity index (χ4v) is 3.21. The third-order valence-corrected chi connectivity index (χ3v) is 4.69. The van der Waals surface area contributed by atoms with Crippen LogP contribution in [0.5, 0.6) is 0 Å². The molecule has 0 radical (unpaired) electrons. The Kier molecular flexibility index (Phi) is 4.79. The van der Waals surface area contributed by atoms with Gasteiger partial charge < -0.3 is 10.3 Å². The highest BCUT2D eigenvalue weighted by Crippen LogP contribution is 2.24. The van der Waals surface area contributed by atoms with Gasteiger partial charge in [-0.25, -0.2) is 4.98 Å². The molecule has 1 atom stereocenters. The van der Waals surface area contributed by atoms with Gasteiger partial charge in [0.05, 0.1) is 28.3 Å². The molecule has 0 bridgehead atoms. The van der Waals surface area contributed by atoms with Gasteiger partial charge in [-0.3, -0.25) is 4.79 Å². The smallest absolute Gasteiger partial charge is 0.254 e. The molecule has 8 nitrogen and oxygen atoms in total. The minimum absolute atomic E-state index is 0.119. The lowest BCUT2D eigenvalue weighted by atomic mass is 10.0. The zero-order valence-electron chi connectivity index (χ0n) is 15.3. The summed E-state index contributed by atoms with van der Waals surface area (Å²) < 4.78 is 1.41. The average molecular weight is 396 g/mol. The van der Waals surface area contributed by atoms with Crippen LogP contribution in [0.25, 0.3) is 16.7 Å². The van der Waals surface area contributed by atoms with E-state index in [2.05, 4.69) is 30.8 Å². The summed E-state index contributed by atoms with van der Waals surface area (Å²) in [5.41, 5.74) is 2.71. The van der Waals surface area contributed by atoms with Crippen molar-refractivity contribution >= 4 is 28.5 Å². The molecule has 4 rings (SSSR count). The molecule has 0 fully saturated rings. The molecule has 0 aliphatic rings. The number of fused-ring (bicyclic) bond motifs is 1. The summed E-state index contributed by atoms with van der Waals surface area (Å²) in [5.74, 6) is 0.567. The van der Waals surface area contributed by atoms with Crippen LogP contribution in [0, 0.1) is 5.92 Å². The monoisotopic (exact) mass is 395 g/mol. The molecule has 9 heteroatoms. The van der Waals surface area contributed by atoms with E-state index in [9.17, 15) is 4.79 Å². The summed E-state index contributed by atoms with van der Waals surface area (Å²) >= 11 is 6.11. The van der Waals surface area contributed by atoms with Crippen molar-refractivity contribution in [3.05, 3.63) is 65.2 Å². The number of hydrogen-bond donors (Lipinski definition) is 2. The third-order valence-electron chi connectivity index (χ3n) is 4.46. The number of nitrogens with zero attached hydrogens (tertiary/aromatic N) is 5. The Bertz CT molecular complexity index is 1090. The molecule has 28 heavy (non-hydrogen) atoms. The quantitative estimate of drug-likeness (QED) is 0.539. The van der Waals surface area contributed by atoms with Crippen LogP contribution in [0.4, 0.5) is 0 Å². The molecule has 0 aliphatic heterocycles. The third kappa shape index (κ3) is 3.46. The van der Waals surface area contributed by atoms with Gasteiger partial charge in [-0.15, -0.1) is 5.10 Å². The number of aromatic amines is 1. The van der Waals surface area contributed by atoms with Crippen LogP contribution in [0.3, 0.4) is 0 Å². The molecule has 2 N–H and O–H groups in total. The van der Waals surface area contributed by atoms with E-state index in [0.29, 0.717) is 22.1 Å². The van der Waals surface area contributed by atoms with Crippen LogP contribution in [0.15, 0.2) is 48.8 Å². The maximum Gasteiger partial charge on any atom is 0.254 e. The fraction of sp³-hybridized carbons (Fsp3) is 0.211. The van der Waals surface area contributed by atoms with Crippen molar-refractivity contribution in [2.45, 2.75) is 19.9 Å². The minimum Gasteiger partial charge on any atom is -0.342 e.